The molecule has 0 aliphatic heterocycles. The number of thiazole rings is 1. The quantitative estimate of drug-likeness (QED) is 0.906. The van der Waals surface area contributed by atoms with Gasteiger partial charge in [-0.15, -0.1) is 11.3 Å². The minimum atomic E-state index is -0.543. The monoisotopic (exact) mass is 315 g/mol. The van der Waals surface area contributed by atoms with Gasteiger partial charge in [-0.3, -0.25) is 0 Å². The van der Waals surface area contributed by atoms with E-state index < -0.39 is 6.10 Å². The van der Waals surface area contributed by atoms with E-state index in [-0.39, 0.29) is 5.82 Å². The lowest BCUT2D eigenvalue weighted by Gasteiger charge is -1.99. The Hall–Kier alpha value is -0.780. The van der Waals surface area contributed by atoms with Gasteiger partial charge in [0.1, 0.15) is 10.8 Å². The van der Waals surface area contributed by atoms with Crippen LogP contribution >= 0.6 is 27.3 Å². The predicted molar refractivity (Wildman–Crippen MR) is 70.6 cm³/mol. The molecule has 1 N–H and O–H groups in total. The van der Waals surface area contributed by atoms with Crippen LogP contribution in [0.25, 0.3) is 10.6 Å². The summed E-state index contributed by atoms with van der Waals surface area (Å²) in [7, 11) is 0. The summed E-state index contributed by atoms with van der Waals surface area (Å²) in [5.74, 6) is -0.305. The van der Waals surface area contributed by atoms with Crippen molar-refractivity contribution in [3.05, 3.63) is 39.1 Å². The maximum absolute atomic E-state index is 13.3. The average molecular weight is 316 g/mol. The number of hydrogen-bond donors (Lipinski definition) is 1. The SMILES string of the molecule is Cc1nc(-c2cc(F)cc(Br)c2)sc1C(C)O. The van der Waals surface area contributed by atoms with Crippen LogP contribution < -0.4 is 0 Å². The third kappa shape index (κ3) is 2.73. The van der Waals surface area contributed by atoms with E-state index in [1.165, 1.54) is 23.5 Å². The summed E-state index contributed by atoms with van der Waals surface area (Å²) in [4.78, 5) is 5.18. The first kappa shape index (κ1) is 12.7. The van der Waals surface area contributed by atoms with Crippen LogP contribution in [0.4, 0.5) is 4.39 Å². The number of aromatic nitrogens is 1. The van der Waals surface area contributed by atoms with Gasteiger partial charge in [-0.25, -0.2) is 9.37 Å². The maximum Gasteiger partial charge on any atom is 0.125 e. The Morgan fingerprint density at radius 3 is 2.65 bits per heavy atom. The van der Waals surface area contributed by atoms with Crippen molar-refractivity contribution >= 4 is 27.3 Å². The molecule has 5 heteroatoms. The van der Waals surface area contributed by atoms with E-state index in [9.17, 15) is 9.50 Å². The number of rotatable bonds is 2. The zero-order chi connectivity index (χ0) is 12.6. The van der Waals surface area contributed by atoms with Crippen LogP contribution in [0.5, 0.6) is 0 Å². The third-order valence-electron chi connectivity index (χ3n) is 2.32. The lowest BCUT2D eigenvalue weighted by Crippen LogP contribution is -1.88. The Labute approximate surface area is 111 Å². The minimum Gasteiger partial charge on any atom is -0.388 e. The Morgan fingerprint density at radius 1 is 1.41 bits per heavy atom. The first-order chi connectivity index (χ1) is 7.97. The molecule has 1 aromatic carbocycles. The summed E-state index contributed by atoms with van der Waals surface area (Å²) in [5.41, 5.74) is 1.51. The number of halogens is 2. The summed E-state index contributed by atoms with van der Waals surface area (Å²) in [6.07, 6.45) is -0.543. The van der Waals surface area contributed by atoms with Crippen LogP contribution in [0, 0.1) is 12.7 Å². The van der Waals surface area contributed by atoms with Gasteiger partial charge in [0.15, 0.2) is 0 Å². The lowest BCUT2D eigenvalue weighted by molar-refractivity contribution is 0.202. The Kier molecular flexibility index (Phi) is 3.61. The molecule has 2 rings (SSSR count). The van der Waals surface area contributed by atoms with Crippen LogP contribution in [0.3, 0.4) is 0 Å². The Bertz CT molecular complexity index is 533. The average Bonchev–Trinajstić information content (AvgIpc) is 2.59. The number of benzene rings is 1. The fourth-order valence-electron chi connectivity index (χ4n) is 1.60. The highest BCUT2D eigenvalue weighted by Crippen LogP contribution is 2.33. The number of aliphatic hydroxyl groups is 1. The number of aliphatic hydroxyl groups excluding tert-OH is 1. The van der Waals surface area contributed by atoms with Crippen molar-refractivity contribution in [2.75, 3.05) is 0 Å². The van der Waals surface area contributed by atoms with Crippen LogP contribution in [-0.2, 0) is 0 Å². The molecule has 0 aliphatic carbocycles. The maximum atomic E-state index is 13.3. The molecule has 90 valence electrons. The van der Waals surface area contributed by atoms with Crippen LogP contribution in [0.15, 0.2) is 22.7 Å². The lowest BCUT2D eigenvalue weighted by atomic mass is 10.2. The van der Waals surface area contributed by atoms with E-state index in [2.05, 4.69) is 20.9 Å². The molecular weight excluding hydrogens is 305 g/mol. The molecule has 1 atom stereocenters. The van der Waals surface area contributed by atoms with Gasteiger partial charge in [-0.1, -0.05) is 15.9 Å². The molecule has 0 fully saturated rings. The van der Waals surface area contributed by atoms with E-state index in [1.54, 1.807) is 6.92 Å². The van der Waals surface area contributed by atoms with Gasteiger partial charge in [0.25, 0.3) is 0 Å². The molecular formula is C12H11BrFNOS. The smallest absolute Gasteiger partial charge is 0.125 e. The zero-order valence-electron chi connectivity index (χ0n) is 9.37. The molecule has 0 aliphatic rings. The molecule has 0 bridgehead atoms. The van der Waals surface area contributed by atoms with Gasteiger partial charge in [0, 0.05) is 10.0 Å². The number of nitrogens with zero attached hydrogens (tertiary/aromatic N) is 1. The van der Waals surface area contributed by atoms with E-state index in [0.29, 0.717) is 4.47 Å². The summed E-state index contributed by atoms with van der Waals surface area (Å²) < 4.78 is 14.0. The first-order valence-corrected chi connectivity index (χ1v) is 6.70. The minimum absolute atomic E-state index is 0.305. The van der Waals surface area contributed by atoms with Crippen LogP contribution in [0.2, 0.25) is 0 Å². The van der Waals surface area contributed by atoms with E-state index in [0.717, 1.165) is 21.1 Å². The normalized spacial score (nSPS) is 12.8. The van der Waals surface area contributed by atoms with Crippen molar-refractivity contribution < 1.29 is 9.50 Å². The van der Waals surface area contributed by atoms with Crippen molar-refractivity contribution in [2.24, 2.45) is 0 Å². The third-order valence-corrected chi connectivity index (χ3v) is 4.16. The van der Waals surface area contributed by atoms with Crippen molar-refractivity contribution in [2.45, 2.75) is 20.0 Å². The molecule has 1 heterocycles. The fourth-order valence-corrected chi connectivity index (χ4v) is 3.05. The van der Waals surface area contributed by atoms with Gasteiger partial charge >= 0.3 is 0 Å². The summed E-state index contributed by atoms with van der Waals surface area (Å²) >= 11 is 4.64. The Balaban J connectivity index is 2.49. The van der Waals surface area contributed by atoms with E-state index >= 15 is 0 Å². The predicted octanol–water partition coefficient (Wildman–Crippen LogP) is 4.07. The second-order valence-electron chi connectivity index (χ2n) is 3.80. The standard InChI is InChI=1S/C12H11BrFNOS/c1-6-11(7(2)16)17-12(15-6)8-3-9(13)5-10(14)4-8/h3-5,7,16H,1-2H3. The first-order valence-electron chi connectivity index (χ1n) is 5.09. The Morgan fingerprint density at radius 2 is 2.12 bits per heavy atom. The van der Waals surface area contributed by atoms with Crippen molar-refractivity contribution in [3.8, 4) is 10.6 Å². The summed E-state index contributed by atoms with van der Waals surface area (Å²) in [6, 6.07) is 4.65. The van der Waals surface area contributed by atoms with Crippen molar-refractivity contribution in [1.29, 1.82) is 0 Å². The highest BCUT2D eigenvalue weighted by Gasteiger charge is 2.14. The summed E-state index contributed by atoms with van der Waals surface area (Å²) in [6.45, 7) is 3.54. The molecule has 0 saturated heterocycles. The second-order valence-corrected chi connectivity index (χ2v) is 5.75. The number of aryl methyl sites for hydroxylation is 1. The van der Waals surface area contributed by atoms with Gasteiger partial charge in [0.2, 0.25) is 0 Å². The van der Waals surface area contributed by atoms with Crippen molar-refractivity contribution in [1.82, 2.24) is 4.98 Å². The largest absolute Gasteiger partial charge is 0.388 e. The molecule has 0 saturated carbocycles. The number of hydrogen-bond acceptors (Lipinski definition) is 3. The van der Waals surface area contributed by atoms with Crippen LogP contribution in [0.1, 0.15) is 23.6 Å². The molecule has 0 radical (unpaired) electrons. The molecule has 0 spiro atoms. The molecule has 1 unspecified atom stereocenters. The van der Waals surface area contributed by atoms with Gasteiger partial charge in [0.05, 0.1) is 16.7 Å². The molecule has 2 nitrogen and oxygen atoms in total. The van der Waals surface area contributed by atoms with Crippen molar-refractivity contribution in [3.63, 3.8) is 0 Å². The highest BCUT2D eigenvalue weighted by atomic mass is 79.9. The highest BCUT2D eigenvalue weighted by molar-refractivity contribution is 9.10. The van der Waals surface area contributed by atoms with Gasteiger partial charge in [-0.2, -0.15) is 0 Å². The topological polar surface area (TPSA) is 33.1 Å². The van der Waals surface area contributed by atoms with Gasteiger partial charge < -0.3 is 5.11 Å². The van der Waals surface area contributed by atoms with E-state index in [4.69, 9.17) is 0 Å². The molecule has 0 amide bonds. The molecule has 2 aromatic rings. The van der Waals surface area contributed by atoms with Gasteiger partial charge in [-0.05, 0) is 32.0 Å². The molecule has 1 aromatic heterocycles. The summed E-state index contributed by atoms with van der Waals surface area (Å²) in [5, 5.41) is 10.3. The zero-order valence-corrected chi connectivity index (χ0v) is 11.8. The van der Waals surface area contributed by atoms with E-state index in [1.807, 2.05) is 13.0 Å². The second kappa shape index (κ2) is 4.84. The molecule has 17 heavy (non-hydrogen) atoms. The fraction of sp³-hybridized carbons (Fsp3) is 0.250. The van der Waals surface area contributed by atoms with Crippen LogP contribution in [-0.4, -0.2) is 10.1 Å².